The molecule has 0 heterocycles. The summed E-state index contributed by atoms with van der Waals surface area (Å²) in [6.07, 6.45) is 0.305. The highest BCUT2D eigenvalue weighted by atomic mass is 19.1. The fourth-order valence-electron chi connectivity index (χ4n) is 1.75. The van der Waals surface area contributed by atoms with Crippen molar-refractivity contribution in [1.29, 1.82) is 0 Å². The van der Waals surface area contributed by atoms with E-state index in [0.29, 0.717) is 12.0 Å². The van der Waals surface area contributed by atoms with Crippen LogP contribution in [-0.4, -0.2) is 12.6 Å². The fraction of sp³-hybridized carbons (Fsp3) is 0.200. The number of halogens is 2. The van der Waals surface area contributed by atoms with Crippen molar-refractivity contribution in [2.45, 2.75) is 12.5 Å². The van der Waals surface area contributed by atoms with Gasteiger partial charge in [-0.25, -0.2) is 8.78 Å². The summed E-state index contributed by atoms with van der Waals surface area (Å²) in [4.78, 5) is 0. The zero-order chi connectivity index (χ0) is 13.7. The molecule has 0 radical (unpaired) electrons. The minimum atomic E-state index is -0.588. The van der Waals surface area contributed by atoms with Crippen LogP contribution < -0.4 is 10.5 Å². The molecule has 2 N–H and O–H groups in total. The van der Waals surface area contributed by atoms with E-state index in [1.165, 1.54) is 12.1 Å². The Labute approximate surface area is 110 Å². The third-order valence-corrected chi connectivity index (χ3v) is 2.70. The molecule has 0 saturated heterocycles. The van der Waals surface area contributed by atoms with Crippen molar-refractivity contribution >= 4 is 0 Å². The van der Waals surface area contributed by atoms with Crippen LogP contribution in [0.2, 0.25) is 0 Å². The van der Waals surface area contributed by atoms with E-state index in [4.69, 9.17) is 10.5 Å². The predicted octanol–water partition coefficient (Wildman–Crippen LogP) is 2.91. The minimum Gasteiger partial charge on any atom is -0.492 e. The molecule has 100 valence electrons. The van der Waals surface area contributed by atoms with E-state index in [2.05, 4.69) is 0 Å². The van der Waals surface area contributed by atoms with Crippen molar-refractivity contribution in [2.75, 3.05) is 6.61 Å². The Bertz CT molecular complexity index is 531. The van der Waals surface area contributed by atoms with Gasteiger partial charge >= 0.3 is 0 Å². The van der Waals surface area contributed by atoms with Crippen molar-refractivity contribution in [3.63, 3.8) is 0 Å². The van der Waals surface area contributed by atoms with E-state index in [1.54, 1.807) is 0 Å². The smallest absolute Gasteiger partial charge is 0.129 e. The third-order valence-electron chi connectivity index (χ3n) is 2.70. The second kappa shape index (κ2) is 6.29. The van der Waals surface area contributed by atoms with Crippen LogP contribution in [0.25, 0.3) is 0 Å². The average molecular weight is 263 g/mol. The SMILES string of the molecule is NC(COc1ccccc1)Cc1ccc(F)cc1F. The lowest BCUT2D eigenvalue weighted by atomic mass is 10.1. The Balaban J connectivity index is 1.89. The van der Waals surface area contributed by atoms with E-state index >= 15 is 0 Å². The van der Waals surface area contributed by atoms with Gasteiger partial charge in [0.15, 0.2) is 0 Å². The topological polar surface area (TPSA) is 35.2 Å². The second-order valence-corrected chi connectivity index (χ2v) is 4.32. The maximum atomic E-state index is 13.4. The van der Waals surface area contributed by atoms with Gasteiger partial charge in [-0.3, -0.25) is 0 Å². The number of nitrogens with two attached hydrogens (primary N) is 1. The van der Waals surface area contributed by atoms with Crippen LogP contribution in [0.4, 0.5) is 8.78 Å². The van der Waals surface area contributed by atoms with Crippen molar-refractivity contribution in [3.8, 4) is 5.75 Å². The van der Waals surface area contributed by atoms with E-state index < -0.39 is 11.6 Å². The summed E-state index contributed by atoms with van der Waals surface area (Å²) in [5, 5.41) is 0. The van der Waals surface area contributed by atoms with Gasteiger partial charge in [0, 0.05) is 12.1 Å². The summed E-state index contributed by atoms with van der Waals surface area (Å²) < 4.78 is 31.7. The van der Waals surface area contributed by atoms with Crippen LogP contribution in [-0.2, 0) is 6.42 Å². The molecule has 19 heavy (non-hydrogen) atoms. The molecule has 0 amide bonds. The van der Waals surface area contributed by atoms with Gasteiger partial charge < -0.3 is 10.5 Å². The van der Waals surface area contributed by atoms with E-state index in [-0.39, 0.29) is 12.6 Å². The Morgan fingerprint density at radius 2 is 1.79 bits per heavy atom. The quantitative estimate of drug-likeness (QED) is 0.900. The first-order chi connectivity index (χ1) is 9.15. The lowest BCUT2D eigenvalue weighted by molar-refractivity contribution is 0.286. The fourth-order valence-corrected chi connectivity index (χ4v) is 1.75. The first-order valence-electron chi connectivity index (χ1n) is 6.02. The molecule has 0 saturated carbocycles. The summed E-state index contributed by atoms with van der Waals surface area (Å²) in [7, 11) is 0. The number of para-hydroxylation sites is 1. The molecule has 0 bridgehead atoms. The Hall–Kier alpha value is -1.94. The maximum absolute atomic E-state index is 13.4. The number of ether oxygens (including phenoxy) is 1. The summed E-state index contributed by atoms with van der Waals surface area (Å²) >= 11 is 0. The van der Waals surface area contributed by atoms with Crippen molar-refractivity contribution in [2.24, 2.45) is 5.73 Å². The Morgan fingerprint density at radius 3 is 2.47 bits per heavy atom. The molecule has 2 nitrogen and oxygen atoms in total. The highest BCUT2D eigenvalue weighted by Crippen LogP contribution is 2.13. The first kappa shape index (κ1) is 13.5. The zero-order valence-electron chi connectivity index (χ0n) is 10.4. The van der Waals surface area contributed by atoms with Crippen LogP contribution >= 0.6 is 0 Å². The van der Waals surface area contributed by atoms with Crippen molar-refractivity contribution in [1.82, 2.24) is 0 Å². The molecule has 1 atom stereocenters. The highest BCUT2D eigenvalue weighted by Gasteiger charge is 2.10. The standard InChI is InChI=1S/C15H15F2NO/c16-12-7-6-11(15(17)9-12)8-13(18)10-19-14-4-2-1-3-5-14/h1-7,9,13H,8,10,18H2. The largest absolute Gasteiger partial charge is 0.492 e. The highest BCUT2D eigenvalue weighted by molar-refractivity contribution is 5.22. The molecule has 2 rings (SSSR count). The van der Waals surface area contributed by atoms with Gasteiger partial charge in [-0.05, 0) is 30.2 Å². The molecule has 1 unspecified atom stereocenters. The van der Waals surface area contributed by atoms with Gasteiger partial charge in [0.1, 0.15) is 24.0 Å². The molecule has 0 aliphatic rings. The maximum Gasteiger partial charge on any atom is 0.129 e. The number of hydrogen-bond acceptors (Lipinski definition) is 2. The number of rotatable bonds is 5. The molecule has 0 aromatic heterocycles. The van der Waals surface area contributed by atoms with E-state index in [0.717, 1.165) is 11.8 Å². The summed E-state index contributed by atoms with van der Waals surface area (Å²) in [5.74, 6) is -0.442. The Kier molecular flexibility index (Phi) is 4.47. The van der Waals surface area contributed by atoms with Crippen LogP contribution in [0, 0.1) is 11.6 Å². The zero-order valence-corrected chi connectivity index (χ0v) is 10.4. The number of hydrogen-bond donors (Lipinski definition) is 1. The molecular weight excluding hydrogens is 248 g/mol. The summed E-state index contributed by atoms with van der Waals surface area (Å²) in [6, 6.07) is 12.4. The predicted molar refractivity (Wildman–Crippen MR) is 70.0 cm³/mol. The van der Waals surface area contributed by atoms with Gasteiger partial charge in [-0.15, -0.1) is 0 Å². The second-order valence-electron chi connectivity index (χ2n) is 4.32. The molecule has 0 spiro atoms. The molecular formula is C15H15F2NO. The lowest BCUT2D eigenvalue weighted by Gasteiger charge is -2.13. The van der Waals surface area contributed by atoms with Crippen molar-refractivity contribution in [3.05, 3.63) is 65.7 Å². The molecule has 0 fully saturated rings. The lowest BCUT2D eigenvalue weighted by Crippen LogP contribution is -2.30. The van der Waals surface area contributed by atoms with E-state index in [1.807, 2.05) is 30.3 Å². The van der Waals surface area contributed by atoms with E-state index in [9.17, 15) is 8.78 Å². The van der Waals surface area contributed by atoms with Gasteiger partial charge in [0.2, 0.25) is 0 Å². The van der Waals surface area contributed by atoms with Gasteiger partial charge in [-0.1, -0.05) is 24.3 Å². The molecule has 2 aromatic carbocycles. The average Bonchev–Trinajstić information content (AvgIpc) is 2.41. The van der Waals surface area contributed by atoms with Gasteiger partial charge in [-0.2, -0.15) is 0 Å². The van der Waals surface area contributed by atoms with Crippen LogP contribution in [0.5, 0.6) is 5.75 Å². The van der Waals surface area contributed by atoms with Gasteiger partial charge in [0.05, 0.1) is 0 Å². The third kappa shape index (κ3) is 4.03. The monoisotopic (exact) mass is 263 g/mol. The molecule has 2 aromatic rings. The molecule has 4 heteroatoms. The minimum absolute atomic E-state index is 0.279. The summed E-state index contributed by atoms with van der Waals surface area (Å²) in [6.45, 7) is 0.279. The van der Waals surface area contributed by atoms with Crippen molar-refractivity contribution < 1.29 is 13.5 Å². The Morgan fingerprint density at radius 1 is 1.05 bits per heavy atom. The van der Waals surface area contributed by atoms with Crippen LogP contribution in [0.15, 0.2) is 48.5 Å². The molecule has 0 aliphatic carbocycles. The first-order valence-corrected chi connectivity index (χ1v) is 6.02. The van der Waals surface area contributed by atoms with Crippen LogP contribution in [0.3, 0.4) is 0 Å². The van der Waals surface area contributed by atoms with Gasteiger partial charge in [0.25, 0.3) is 0 Å². The molecule has 0 aliphatic heterocycles. The summed E-state index contributed by atoms with van der Waals surface area (Å²) in [5.41, 5.74) is 6.27. The van der Waals surface area contributed by atoms with Crippen LogP contribution in [0.1, 0.15) is 5.56 Å². The number of benzene rings is 2. The normalized spacial score (nSPS) is 12.2.